The van der Waals surface area contributed by atoms with Gasteiger partial charge in [-0.05, 0) is 12.1 Å². The number of carbonyl (C=O) groups is 3. The second-order valence-electron chi connectivity index (χ2n) is 4.84. The Morgan fingerprint density at radius 1 is 1.28 bits per heavy atom. The number of ketones is 1. The maximum atomic E-state index is 12.1. The average molecular weight is 390 g/mol. The van der Waals surface area contributed by atoms with Crippen molar-refractivity contribution in [3.05, 3.63) is 46.5 Å². The minimum atomic E-state index is -1.28. The minimum absolute atomic E-state index is 0.0368. The monoisotopic (exact) mass is 389 g/mol. The number of amides is 1. The van der Waals surface area contributed by atoms with Crippen molar-refractivity contribution in [1.29, 1.82) is 0 Å². The van der Waals surface area contributed by atoms with Gasteiger partial charge in [-0.25, -0.2) is 4.79 Å². The zero-order chi connectivity index (χ0) is 18.8. The number of rotatable bonds is 10. The van der Waals surface area contributed by atoms with E-state index in [9.17, 15) is 14.4 Å². The molecule has 0 bridgehead atoms. The van der Waals surface area contributed by atoms with Crippen molar-refractivity contribution in [2.24, 2.45) is 0 Å². The van der Waals surface area contributed by atoms with Gasteiger partial charge in [0.05, 0.1) is 13.0 Å². The van der Waals surface area contributed by atoms with Gasteiger partial charge in [-0.3, -0.25) is 9.59 Å². The van der Waals surface area contributed by atoms with Crippen LogP contribution in [0.15, 0.2) is 30.9 Å². The molecule has 0 radical (unpaired) electrons. The summed E-state index contributed by atoms with van der Waals surface area (Å²) in [6.07, 6.45) is -0.184. The molecule has 9 heteroatoms. The maximum Gasteiger partial charge on any atom is 0.408 e. The van der Waals surface area contributed by atoms with Gasteiger partial charge in [-0.2, -0.15) is 0 Å². The van der Waals surface area contributed by atoms with Crippen molar-refractivity contribution in [2.75, 3.05) is 13.2 Å². The first-order valence-electron chi connectivity index (χ1n) is 7.14. The summed E-state index contributed by atoms with van der Waals surface area (Å²) in [5, 5.41) is 11.8. The van der Waals surface area contributed by atoms with E-state index < -0.39 is 36.9 Å². The average Bonchev–Trinajstić information content (AvgIpc) is 2.54. The second-order valence-corrected chi connectivity index (χ2v) is 5.66. The molecule has 0 aliphatic heterocycles. The van der Waals surface area contributed by atoms with E-state index in [1.165, 1.54) is 6.08 Å². The van der Waals surface area contributed by atoms with Gasteiger partial charge in [0.25, 0.3) is 0 Å². The summed E-state index contributed by atoms with van der Waals surface area (Å²) in [4.78, 5) is 34.4. The Morgan fingerprint density at radius 3 is 2.48 bits per heavy atom. The molecule has 0 heterocycles. The van der Waals surface area contributed by atoms with Crippen LogP contribution in [0, 0.1) is 0 Å². The highest BCUT2D eigenvalue weighted by atomic mass is 35.5. The summed E-state index contributed by atoms with van der Waals surface area (Å²) >= 11 is 12.0. The molecular formula is C16H17Cl2NO6. The molecule has 0 fully saturated rings. The van der Waals surface area contributed by atoms with Crippen LogP contribution in [-0.4, -0.2) is 42.2 Å². The SMILES string of the molecule is C=CCOC(=O)N[C@@H](CC(=O)O)C(=O)COCc1c(Cl)cccc1Cl. The summed E-state index contributed by atoms with van der Waals surface area (Å²) in [6.45, 7) is 2.84. The van der Waals surface area contributed by atoms with E-state index in [2.05, 4.69) is 16.6 Å². The third-order valence-electron chi connectivity index (χ3n) is 2.94. The molecule has 2 N–H and O–H groups in total. The quantitative estimate of drug-likeness (QED) is 0.596. The van der Waals surface area contributed by atoms with Gasteiger partial charge in [-0.15, -0.1) is 0 Å². The van der Waals surface area contributed by atoms with Gasteiger partial charge in [0.15, 0.2) is 5.78 Å². The van der Waals surface area contributed by atoms with E-state index in [1.807, 2.05) is 0 Å². The molecule has 1 atom stereocenters. The Morgan fingerprint density at radius 2 is 1.92 bits per heavy atom. The van der Waals surface area contributed by atoms with Crippen LogP contribution in [-0.2, 0) is 25.7 Å². The Hall–Kier alpha value is -2.09. The van der Waals surface area contributed by atoms with E-state index in [1.54, 1.807) is 18.2 Å². The second kappa shape index (κ2) is 10.7. The number of hydrogen-bond acceptors (Lipinski definition) is 5. The summed E-state index contributed by atoms with van der Waals surface area (Å²) in [6, 6.07) is 3.63. The predicted molar refractivity (Wildman–Crippen MR) is 91.8 cm³/mol. The van der Waals surface area contributed by atoms with Gasteiger partial charge in [0.1, 0.15) is 19.3 Å². The molecule has 0 saturated heterocycles. The lowest BCUT2D eigenvalue weighted by molar-refractivity contribution is -0.140. The van der Waals surface area contributed by atoms with Gasteiger partial charge >= 0.3 is 12.1 Å². The molecule has 0 spiro atoms. The lowest BCUT2D eigenvalue weighted by atomic mass is 10.1. The summed E-state index contributed by atoms with van der Waals surface area (Å²) < 4.78 is 9.92. The van der Waals surface area contributed by atoms with Crippen LogP contribution in [0.2, 0.25) is 10.0 Å². The molecule has 0 aliphatic carbocycles. The van der Waals surface area contributed by atoms with Crippen molar-refractivity contribution in [1.82, 2.24) is 5.32 Å². The highest BCUT2D eigenvalue weighted by Gasteiger charge is 2.24. The third kappa shape index (κ3) is 7.55. The Bertz CT molecular complexity index is 629. The normalized spacial score (nSPS) is 11.4. The van der Waals surface area contributed by atoms with Crippen LogP contribution in [0.3, 0.4) is 0 Å². The number of benzene rings is 1. The number of halogens is 2. The van der Waals surface area contributed by atoms with Gasteiger partial charge in [0, 0.05) is 15.6 Å². The first kappa shape index (κ1) is 21.0. The van der Waals surface area contributed by atoms with Gasteiger partial charge in [0.2, 0.25) is 0 Å². The molecular weight excluding hydrogens is 373 g/mol. The van der Waals surface area contributed by atoms with Crippen LogP contribution in [0.1, 0.15) is 12.0 Å². The predicted octanol–water partition coefficient (Wildman–Crippen LogP) is 2.83. The highest BCUT2D eigenvalue weighted by molar-refractivity contribution is 6.35. The lowest BCUT2D eigenvalue weighted by Gasteiger charge is -2.16. The topological polar surface area (TPSA) is 102 Å². The van der Waals surface area contributed by atoms with Crippen LogP contribution in [0.5, 0.6) is 0 Å². The number of Topliss-reactive ketones (excluding diaryl/α,β-unsaturated/α-hetero) is 1. The van der Waals surface area contributed by atoms with Crippen molar-refractivity contribution in [3.8, 4) is 0 Å². The molecule has 136 valence electrons. The summed E-state index contributed by atoms with van der Waals surface area (Å²) in [5.41, 5.74) is 0.506. The maximum absolute atomic E-state index is 12.1. The van der Waals surface area contributed by atoms with Crippen LogP contribution < -0.4 is 5.32 Å². The molecule has 1 aromatic carbocycles. The van der Waals surface area contributed by atoms with Crippen molar-refractivity contribution in [3.63, 3.8) is 0 Å². The number of nitrogens with one attached hydrogen (secondary N) is 1. The van der Waals surface area contributed by atoms with Crippen molar-refractivity contribution >= 4 is 41.0 Å². The Balaban J connectivity index is 2.60. The van der Waals surface area contributed by atoms with E-state index in [-0.39, 0.29) is 13.2 Å². The summed E-state index contributed by atoms with van der Waals surface area (Å²) in [7, 11) is 0. The molecule has 1 rings (SSSR count). The number of carboxylic acids is 1. The molecule has 1 amide bonds. The molecule has 0 aromatic heterocycles. The van der Waals surface area contributed by atoms with E-state index in [4.69, 9.17) is 33.0 Å². The standard InChI is InChI=1S/C16H17Cl2NO6/c1-2-6-25-16(23)19-13(7-15(21)22)14(20)9-24-8-10-11(17)4-3-5-12(10)18/h2-5,13H,1,6-9H2,(H,19,23)(H,21,22)/t13-/m0/s1. The fourth-order valence-electron chi connectivity index (χ4n) is 1.76. The molecule has 7 nitrogen and oxygen atoms in total. The molecule has 1 aromatic rings. The lowest BCUT2D eigenvalue weighted by Crippen LogP contribution is -2.44. The smallest absolute Gasteiger partial charge is 0.408 e. The number of aliphatic carboxylic acids is 1. The van der Waals surface area contributed by atoms with Gasteiger partial charge < -0.3 is 19.9 Å². The number of alkyl carbamates (subject to hydrolysis) is 1. The van der Waals surface area contributed by atoms with E-state index >= 15 is 0 Å². The zero-order valence-electron chi connectivity index (χ0n) is 13.2. The molecule has 0 aliphatic rings. The van der Waals surface area contributed by atoms with Crippen molar-refractivity contribution in [2.45, 2.75) is 19.1 Å². The molecule has 0 unspecified atom stereocenters. The number of carbonyl (C=O) groups excluding carboxylic acids is 2. The van der Waals surface area contributed by atoms with E-state index in [0.29, 0.717) is 15.6 Å². The Labute approximate surface area is 154 Å². The van der Waals surface area contributed by atoms with Crippen LogP contribution >= 0.6 is 23.2 Å². The van der Waals surface area contributed by atoms with Crippen molar-refractivity contribution < 1.29 is 29.0 Å². The number of carboxylic acid groups (broad SMARTS) is 1. The fourth-order valence-corrected chi connectivity index (χ4v) is 2.27. The molecule has 0 saturated carbocycles. The van der Waals surface area contributed by atoms with Gasteiger partial charge in [-0.1, -0.05) is 41.9 Å². The summed E-state index contributed by atoms with van der Waals surface area (Å²) in [5.74, 6) is -1.88. The molecule has 25 heavy (non-hydrogen) atoms. The highest BCUT2D eigenvalue weighted by Crippen LogP contribution is 2.24. The first-order valence-corrected chi connectivity index (χ1v) is 7.90. The minimum Gasteiger partial charge on any atom is -0.481 e. The fraction of sp³-hybridized carbons (Fsp3) is 0.312. The number of hydrogen-bond donors (Lipinski definition) is 2. The largest absolute Gasteiger partial charge is 0.481 e. The Kier molecular flexibility index (Phi) is 8.98. The third-order valence-corrected chi connectivity index (χ3v) is 3.65. The van der Waals surface area contributed by atoms with E-state index in [0.717, 1.165) is 0 Å². The number of ether oxygens (including phenoxy) is 2. The van der Waals surface area contributed by atoms with Crippen LogP contribution in [0.4, 0.5) is 4.79 Å². The van der Waals surface area contributed by atoms with Crippen LogP contribution in [0.25, 0.3) is 0 Å². The first-order chi connectivity index (χ1) is 11.8. The zero-order valence-corrected chi connectivity index (χ0v) is 14.7.